The first-order chi connectivity index (χ1) is 7.15. The van der Waals surface area contributed by atoms with E-state index in [2.05, 4.69) is 10.1 Å². The van der Waals surface area contributed by atoms with Gasteiger partial charge in [0.25, 0.3) is 0 Å². The second-order valence-corrected chi connectivity index (χ2v) is 3.36. The Balaban J connectivity index is 2.87. The van der Waals surface area contributed by atoms with Crippen LogP contribution in [0.25, 0.3) is 5.52 Å². The van der Waals surface area contributed by atoms with Gasteiger partial charge in [-0.25, -0.2) is 4.98 Å². The van der Waals surface area contributed by atoms with Crippen LogP contribution in [-0.2, 0) is 0 Å². The molecule has 0 aliphatic carbocycles. The number of rotatable bonds is 1. The molecule has 5 heteroatoms. The Kier molecular flexibility index (Phi) is 2.07. The molecular formula is C10H12N4O. The van der Waals surface area contributed by atoms with Crippen molar-refractivity contribution in [2.45, 2.75) is 13.8 Å². The molecule has 0 aliphatic rings. The van der Waals surface area contributed by atoms with Gasteiger partial charge in [0.15, 0.2) is 5.84 Å². The smallest absolute Gasteiger partial charge is 0.187 e. The van der Waals surface area contributed by atoms with Crippen LogP contribution < -0.4 is 5.73 Å². The van der Waals surface area contributed by atoms with Crippen LogP contribution in [0.15, 0.2) is 23.4 Å². The van der Waals surface area contributed by atoms with Crippen molar-refractivity contribution in [3.63, 3.8) is 0 Å². The summed E-state index contributed by atoms with van der Waals surface area (Å²) in [4.78, 5) is 4.34. The fourth-order valence-corrected chi connectivity index (χ4v) is 1.74. The van der Waals surface area contributed by atoms with E-state index in [9.17, 15) is 0 Å². The summed E-state index contributed by atoms with van der Waals surface area (Å²) in [5.41, 5.74) is 8.14. The number of nitrogens with zero attached hydrogens (tertiary/aromatic N) is 3. The highest BCUT2D eigenvalue weighted by Crippen LogP contribution is 2.14. The van der Waals surface area contributed by atoms with Crippen LogP contribution >= 0.6 is 0 Å². The van der Waals surface area contributed by atoms with Crippen molar-refractivity contribution in [2.24, 2.45) is 10.9 Å². The minimum absolute atomic E-state index is 0.0844. The van der Waals surface area contributed by atoms with Crippen molar-refractivity contribution in [3.8, 4) is 0 Å². The summed E-state index contributed by atoms with van der Waals surface area (Å²) in [6.07, 6.45) is 0. The first-order valence-electron chi connectivity index (χ1n) is 4.57. The minimum atomic E-state index is 0.0844. The number of nitrogens with two attached hydrogens (primary N) is 1. The maximum atomic E-state index is 8.67. The van der Waals surface area contributed by atoms with Gasteiger partial charge in [-0.15, -0.1) is 0 Å². The first-order valence-corrected chi connectivity index (χ1v) is 4.57. The lowest BCUT2D eigenvalue weighted by molar-refractivity contribution is 0.318. The molecule has 2 aromatic rings. The number of aryl methyl sites for hydroxylation is 2. The fourth-order valence-electron chi connectivity index (χ4n) is 1.74. The fraction of sp³-hybridized carbons (Fsp3) is 0.200. The molecule has 0 fully saturated rings. The summed E-state index contributed by atoms with van der Waals surface area (Å²) < 4.78 is 1.87. The molecule has 78 valence electrons. The Hall–Kier alpha value is -2.04. The summed E-state index contributed by atoms with van der Waals surface area (Å²) in [6.45, 7) is 3.81. The van der Waals surface area contributed by atoms with E-state index < -0.39 is 0 Å². The molecule has 0 unspecified atom stereocenters. The highest BCUT2D eigenvalue weighted by atomic mass is 16.4. The third-order valence-electron chi connectivity index (χ3n) is 2.38. The van der Waals surface area contributed by atoms with Crippen molar-refractivity contribution >= 4 is 11.4 Å². The van der Waals surface area contributed by atoms with Gasteiger partial charge in [0.2, 0.25) is 0 Å². The van der Waals surface area contributed by atoms with Crippen LogP contribution in [0.2, 0.25) is 0 Å². The standard InChI is InChI=1S/C10H12N4O/c1-6-8-4-3-5-9(10(11)13-15)14(8)7(2)12-6/h3-5,15H,1-2H3,(H2,11,13). The topological polar surface area (TPSA) is 75.9 Å². The van der Waals surface area contributed by atoms with Gasteiger partial charge in [-0.1, -0.05) is 11.2 Å². The van der Waals surface area contributed by atoms with Crippen molar-refractivity contribution in [1.29, 1.82) is 0 Å². The zero-order valence-electron chi connectivity index (χ0n) is 8.60. The summed E-state index contributed by atoms with van der Waals surface area (Å²) in [7, 11) is 0. The predicted molar refractivity (Wildman–Crippen MR) is 57.2 cm³/mol. The number of hydrogen-bond acceptors (Lipinski definition) is 3. The summed E-state index contributed by atoms with van der Waals surface area (Å²) in [6, 6.07) is 5.59. The van der Waals surface area contributed by atoms with Gasteiger partial charge < -0.3 is 10.9 Å². The van der Waals surface area contributed by atoms with E-state index >= 15 is 0 Å². The van der Waals surface area contributed by atoms with Crippen LogP contribution in [0, 0.1) is 13.8 Å². The van der Waals surface area contributed by atoms with Gasteiger partial charge >= 0.3 is 0 Å². The number of hydrogen-bond donors (Lipinski definition) is 2. The van der Waals surface area contributed by atoms with Gasteiger partial charge in [0, 0.05) is 0 Å². The van der Waals surface area contributed by atoms with E-state index in [0.29, 0.717) is 5.69 Å². The lowest BCUT2D eigenvalue weighted by Crippen LogP contribution is -2.17. The molecule has 0 atom stereocenters. The van der Waals surface area contributed by atoms with Crippen LogP contribution in [-0.4, -0.2) is 20.4 Å². The van der Waals surface area contributed by atoms with Crippen molar-refractivity contribution in [1.82, 2.24) is 9.38 Å². The van der Waals surface area contributed by atoms with Gasteiger partial charge in [-0.05, 0) is 26.0 Å². The van der Waals surface area contributed by atoms with Crippen LogP contribution in [0.3, 0.4) is 0 Å². The SMILES string of the molecule is Cc1nc(C)n2c(/C(N)=N\O)cccc12. The normalized spacial score (nSPS) is 12.3. The monoisotopic (exact) mass is 204 g/mol. The Labute approximate surface area is 86.8 Å². The Morgan fingerprint density at radius 3 is 2.87 bits per heavy atom. The summed E-state index contributed by atoms with van der Waals surface area (Å²) in [5.74, 6) is 0.908. The van der Waals surface area contributed by atoms with Crippen molar-refractivity contribution < 1.29 is 5.21 Å². The predicted octanol–water partition coefficient (Wildman–Crippen LogP) is 1.05. The molecule has 2 rings (SSSR count). The molecule has 0 amide bonds. The van der Waals surface area contributed by atoms with E-state index in [4.69, 9.17) is 10.9 Å². The average Bonchev–Trinajstić information content (AvgIpc) is 2.54. The number of aromatic nitrogens is 2. The van der Waals surface area contributed by atoms with E-state index in [0.717, 1.165) is 17.0 Å². The third-order valence-corrected chi connectivity index (χ3v) is 2.38. The molecule has 0 saturated carbocycles. The maximum Gasteiger partial charge on any atom is 0.187 e. The number of imidazole rings is 1. The molecule has 0 aromatic carbocycles. The van der Waals surface area contributed by atoms with Gasteiger partial charge in [0.1, 0.15) is 5.82 Å². The number of oxime groups is 1. The second kappa shape index (κ2) is 3.27. The van der Waals surface area contributed by atoms with E-state index in [1.54, 1.807) is 6.07 Å². The lowest BCUT2D eigenvalue weighted by Gasteiger charge is -2.04. The molecule has 0 spiro atoms. The van der Waals surface area contributed by atoms with E-state index in [1.807, 2.05) is 30.4 Å². The molecule has 0 saturated heterocycles. The van der Waals surface area contributed by atoms with Crippen molar-refractivity contribution in [2.75, 3.05) is 0 Å². The Morgan fingerprint density at radius 2 is 2.20 bits per heavy atom. The highest BCUT2D eigenvalue weighted by molar-refractivity contribution is 5.96. The maximum absolute atomic E-state index is 8.67. The van der Waals surface area contributed by atoms with Gasteiger partial charge in [-0.2, -0.15) is 0 Å². The summed E-state index contributed by atoms with van der Waals surface area (Å²) >= 11 is 0. The zero-order chi connectivity index (χ0) is 11.0. The first kappa shape index (κ1) is 9.51. The highest BCUT2D eigenvalue weighted by Gasteiger charge is 2.10. The number of fused-ring (bicyclic) bond motifs is 1. The van der Waals surface area contributed by atoms with Crippen LogP contribution in [0.1, 0.15) is 17.2 Å². The molecular weight excluding hydrogens is 192 g/mol. The largest absolute Gasteiger partial charge is 0.409 e. The third kappa shape index (κ3) is 1.32. The molecule has 3 N–H and O–H groups in total. The van der Waals surface area contributed by atoms with Crippen LogP contribution in [0.4, 0.5) is 0 Å². The van der Waals surface area contributed by atoms with E-state index in [1.165, 1.54) is 0 Å². The van der Waals surface area contributed by atoms with Gasteiger partial charge in [-0.3, -0.25) is 4.40 Å². The molecule has 5 nitrogen and oxygen atoms in total. The average molecular weight is 204 g/mol. The number of amidine groups is 1. The molecule has 2 aromatic heterocycles. The van der Waals surface area contributed by atoms with Crippen LogP contribution in [0.5, 0.6) is 0 Å². The Morgan fingerprint density at radius 1 is 1.47 bits per heavy atom. The zero-order valence-corrected chi connectivity index (χ0v) is 8.60. The van der Waals surface area contributed by atoms with E-state index in [-0.39, 0.29) is 5.84 Å². The summed E-state index contributed by atoms with van der Waals surface area (Å²) in [5, 5.41) is 11.7. The minimum Gasteiger partial charge on any atom is -0.409 e. The lowest BCUT2D eigenvalue weighted by atomic mass is 10.3. The molecule has 15 heavy (non-hydrogen) atoms. The second-order valence-electron chi connectivity index (χ2n) is 3.36. The molecule has 0 bridgehead atoms. The molecule has 0 radical (unpaired) electrons. The van der Waals surface area contributed by atoms with Gasteiger partial charge in [0.05, 0.1) is 16.9 Å². The number of pyridine rings is 1. The Bertz CT molecular complexity index is 542. The van der Waals surface area contributed by atoms with Crippen molar-refractivity contribution in [3.05, 3.63) is 35.4 Å². The molecule has 0 aliphatic heterocycles. The quantitative estimate of drug-likeness (QED) is 0.315. The molecule has 2 heterocycles.